The van der Waals surface area contributed by atoms with Crippen molar-refractivity contribution < 1.29 is 18.7 Å². The van der Waals surface area contributed by atoms with E-state index in [2.05, 4.69) is 36.7 Å². The summed E-state index contributed by atoms with van der Waals surface area (Å²) >= 11 is 3.25. The van der Waals surface area contributed by atoms with E-state index in [1.807, 2.05) is 0 Å². The van der Waals surface area contributed by atoms with E-state index < -0.39 is 11.7 Å². The molecule has 0 fully saturated rings. The maximum atomic E-state index is 13.7. The third-order valence-corrected chi connectivity index (χ3v) is 4.33. The van der Waals surface area contributed by atoms with Crippen molar-refractivity contribution in [3.05, 3.63) is 64.0 Å². The molecule has 0 radical (unpaired) electrons. The molecule has 2 aromatic carbocycles. The lowest BCUT2D eigenvalue weighted by atomic mass is 10.1. The Kier molecular flexibility index (Phi) is 6.05. The van der Waals surface area contributed by atoms with Gasteiger partial charge in [0.05, 0.1) is 26.1 Å². The van der Waals surface area contributed by atoms with Crippen molar-refractivity contribution in [2.75, 3.05) is 14.2 Å². The van der Waals surface area contributed by atoms with Crippen molar-refractivity contribution in [3.63, 3.8) is 0 Å². The Balaban J connectivity index is 1.76. The molecule has 0 saturated heterocycles. The number of hydrogen-bond donors (Lipinski definition) is 2. The maximum Gasteiger partial charge on any atom is 0.289 e. The molecule has 144 valence electrons. The van der Waals surface area contributed by atoms with Gasteiger partial charge in [0.15, 0.2) is 0 Å². The third-order valence-electron chi connectivity index (χ3n) is 3.83. The number of methoxy groups -OCH3 is 2. The van der Waals surface area contributed by atoms with Crippen LogP contribution in [0.1, 0.15) is 16.1 Å². The first-order valence-corrected chi connectivity index (χ1v) is 8.87. The summed E-state index contributed by atoms with van der Waals surface area (Å²) in [5, 5.41) is 10.6. The molecule has 0 aliphatic heterocycles. The third kappa shape index (κ3) is 4.37. The Hall–Kier alpha value is -3.20. The minimum absolute atomic E-state index is 0.187. The molecule has 0 unspecified atom stereocenters. The monoisotopic (exact) mass is 446 g/mol. The van der Waals surface area contributed by atoms with Crippen molar-refractivity contribution in [2.24, 2.45) is 5.10 Å². The van der Waals surface area contributed by atoms with Gasteiger partial charge in [-0.15, -0.1) is 0 Å². The summed E-state index contributed by atoms with van der Waals surface area (Å²) in [6.45, 7) is 0. The zero-order valence-corrected chi connectivity index (χ0v) is 16.6. The molecule has 7 nitrogen and oxygen atoms in total. The summed E-state index contributed by atoms with van der Waals surface area (Å²) in [5.74, 6) is 0.246. The van der Waals surface area contributed by atoms with Crippen LogP contribution in [0.4, 0.5) is 4.39 Å². The number of nitrogens with one attached hydrogen (secondary N) is 2. The number of hydrazone groups is 1. The molecular weight excluding hydrogens is 431 g/mol. The van der Waals surface area contributed by atoms with E-state index >= 15 is 0 Å². The molecule has 0 bridgehead atoms. The summed E-state index contributed by atoms with van der Waals surface area (Å²) in [6, 6.07) is 11.2. The molecule has 0 saturated carbocycles. The van der Waals surface area contributed by atoms with E-state index in [-0.39, 0.29) is 11.3 Å². The Bertz CT molecular complexity index is 1040. The molecule has 9 heteroatoms. The lowest BCUT2D eigenvalue weighted by Gasteiger charge is -2.08. The second-order valence-corrected chi connectivity index (χ2v) is 6.51. The van der Waals surface area contributed by atoms with Crippen LogP contribution in [0.2, 0.25) is 0 Å². The SMILES string of the molecule is COc1ccc(OC)c(-c2cc(C(=O)NN=Cc3cc(Br)ccc3F)[nH]n2)c1. The molecule has 3 aromatic rings. The van der Waals surface area contributed by atoms with Crippen molar-refractivity contribution in [1.29, 1.82) is 0 Å². The number of ether oxygens (including phenoxy) is 2. The highest BCUT2D eigenvalue weighted by Crippen LogP contribution is 2.32. The second kappa shape index (κ2) is 8.66. The highest BCUT2D eigenvalue weighted by Gasteiger charge is 2.14. The number of aromatic nitrogens is 2. The Morgan fingerprint density at radius 1 is 1.21 bits per heavy atom. The first kappa shape index (κ1) is 19.6. The predicted octanol–water partition coefficient (Wildman–Crippen LogP) is 3.76. The summed E-state index contributed by atoms with van der Waals surface area (Å²) in [7, 11) is 3.10. The van der Waals surface area contributed by atoms with Crippen LogP contribution in [-0.4, -0.2) is 36.5 Å². The predicted molar refractivity (Wildman–Crippen MR) is 106 cm³/mol. The Morgan fingerprint density at radius 3 is 2.79 bits per heavy atom. The lowest BCUT2D eigenvalue weighted by Crippen LogP contribution is -2.18. The van der Waals surface area contributed by atoms with E-state index in [0.717, 1.165) is 0 Å². The number of rotatable bonds is 6. The standard InChI is InChI=1S/C19H16BrFN4O3/c1-27-13-4-6-18(28-2)14(8-13)16-9-17(24-23-16)19(26)25-22-10-11-7-12(20)3-5-15(11)21/h3-10H,1-2H3,(H,23,24)(H,25,26). The molecule has 1 amide bonds. The largest absolute Gasteiger partial charge is 0.497 e. The number of benzene rings is 2. The van der Waals surface area contributed by atoms with E-state index in [9.17, 15) is 9.18 Å². The van der Waals surface area contributed by atoms with Crippen LogP contribution in [0.3, 0.4) is 0 Å². The van der Waals surface area contributed by atoms with Gasteiger partial charge in [0, 0.05) is 15.6 Å². The fourth-order valence-corrected chi connectivity index (χ4v) is 2.80. The molecule has 0 atom stereocenters. The minimum Gasteiger partial charge on any atom is -0.497 e. The molecule has 1 aromatic heterocycles. The number of nitrogens with zero attached hydrogens (tertiary/aromatic N) is 2. The zero-order valence-electron chi connectivity index (χ0n) is 15.0. The molecule has 0 aliphatic carbocycles. The number of carbonyl (C=O) groups excluding carboxylic acids is 1. The van der Waals surface area contributed by atoms with Crippen LogP contribution >= 0.6 is 15.9 Å². The van der Waals surface area contributed by atoms with Gasteiger partial charge in [0.25, 0.3) is 5.91 Å². The number of amides is 1. The van der Waals surface area contributed by atoms with Gasteiger partial charge in [-0.1, -0.05) is 15.9 Å². The highest BCUT2D eigenvalue weighted by molar-refractivity contribution is 9.10. The first-order valence-electron chi connectivity index (χ1n) is 8.08. The van der Waals surface area contributed by atoms with Crippen LogP contribution in [0, 0.1) is 5.82 Å². The first-order chi connectivity index (χ1) is 13.5. The molecule has 28 heavy (non-hydrogen) atoms. The van der Waals surface area contributed by atoms with Crippen molar-refractivity contribution >= 4 is 28.1 Å². The molecular formula is C19H16BrFN4O3. The maximum absolute atomic E-state index is 13.7. The number of halogens is 2. The molecule has 0 spiro atoms. The van der Waals surface area contributed by atoms with Gasteiger partial charge in [-0.2, -0.15) is 10.2 Å². The number of carbonyl (C=O) groups is 1. The average Bonchev–Trinajstić information content (AvgIpc) is 3.20. The Labute approximate surface area is 168 Å². The van der Waals surface area contributed by atoms with Crippen molar-refractivity contribution in [2.45, 2.75) is 0 Å². The topological polar surface area (TPSA) is 88.6 Å². The molecule has 0 aliphatic rings. The summed E-state index contributed by atoms with van der Waals surface area (Å²) in [5.41, 5.74) is 3.92. The summed E-state index contributed by atoms with van der Waals surface area (Å²) in [4.78, 5) is 12.3. The van der Waals surface area contributed by atoms with Crippen molar-refractivity contribution in [3.8, 4) is 22.8 Å². The fourth-order valence-electron chi connectivity index (χ4n) is 2.42. The van der Waals surface area contributed by atoms with Crippen LogP contribution in [0.25, 0.3) is 11.3 Å². The van der Waals surface area contributed by atoms with Gasteiger partial charge in [-0.25, -0.2) is 9.82 Å². The Morgan fingerprint density at radius 2 is 2.04 bits per heavy atom. The van der Waals surface area contributed by atoms with E-state index in [0.29, 0.717) is 27.2 Å². The summed E-state index contributed by atoms with van der Waals surface area (Å²) in [6.07, 6.45) is 1.22. The number of hydrogen-bond acceptors (Lipinski definition) is 5. The smallest absolute Gasteiger partial charge is 0.289 e. The van der Waals surface area contributed by atoms with E-state index in [1.165, 1.54) is 12.3 Å². The van der Waals surface area contributed by atoms with Crippen LogP contribution in [0.5, 0.6) is 11.5 Å². The van der Waals surface area contributed by atoms with E-state index in [1.54, 1.807) is 50.6 Å². The van der Waals surface area contributed by atoms with Gasteiger partial charge in [-0.3, -0.25) is 9.89 Å². The molecule has 3 rings (SSSR count). The number of aromatic amines is 1. The second-order valence-electron chi connectivity index (χ2n) is 5.60. The normalized spacial score (nSPS) is 10.9. The van der Waals surface area contributed by atoms with Gasteiger partial charge in [0.2, 0.25) is 0 Å². The minimum atomic E-state index is -0.521. The van der Waals surface area contributed by atoms with Gasteiger partial charge >= 0.3 is 0 Å². The van der Waals surface area contributed by atoms with Crippen LogP contribution in [-0.2, 0) is 0 Å². The molecule has 1 heterocycles. The van der Waals surface area contributed by atoms with Crippen LogP contribution in [0.15, 0.2) is 52.0 Å². The van der Waals surface area contributed by atoms with Crippen LogP contribution < -0.4 is 14.9 Å². The van der Waals surface area contributed by atoms with Gasteiger partial charge in [0.1, 0.15) is 23.0 Å². The zero-order chi connectivity index (χ0) is 20.1. The summed E-state index contributed by atoms with van der Waals surface area (Å²) < 4.78 is 24.9. The molecule has 2 N–H and O–H groups in total. The lowest BCUT2D eigenvalue weighted by molar-refractivity contribution is 0.0950. The van der Waals surface area contributed by atoms with E-state index in [4.69, 9.17) is 9.47 Å². The number of H-pyrrole nitrogens is 1. The quantitative estimate of drug-likeness (QED) is 0.445. The van der Waals surface area contributed by atoms with Crippen molar-refractivity contribution in [1.82, 2.24) is 15.6 Å². The fraction of sp³-hybridized carbons (Fsp3) is 0.105. The average molecular weight is 447 g/mol. The van der Waals surface area contributed by atoms with Gasteiger partial charge in [-0.05, 0) is 42.5 Å². The van der Waals surface area contributed by atoms with Gasteiger partial charge < -0.3 is 9.47 Å². The highest BCUT2D eigenvalue weighted by atomic mass is 79.9.